The zero-order valence-electron chi connectivity index (χ0n) is 12.9. The first-order chi connectivity index (χ1) is 10.4. The highest BCUT2D eigenvalue weighted by molar-refractivity contribution is 7.89. The number of esters is 1. The Hall–Kier alpha value is -1.44. The summed E-state index contributed by atoms with van der Waals surface area (Å²) in [7, 11) is -3.67. The zero-order valence-corrected chi connectivity index (χ0v) is 13.7. The third-order valence-corrected chi connectivity index (χ3v) is 4.51. The Morgan fingerprint density at radius 1 is 1.27 bits per heavy atom. The molecule has 0 amide bonds. The van der Waals surface area contributed by atoms with Crippen molar-refractivity contribution < 1.29 is 23.1 Å². The highest BCUT2D eigenvalue weighted by Gasteiger charge is 2.33. The summed E-state index contributed by atoms with van der Waals surface area (Å²) in [6, 6.07) is 7.05. The van der Waals surface area contributed by atoms with Crippen LogP contribution in [0.4, 0.5) is 0 Å². The summed E-state index contributed by atoms with van der Waals surface area (Å²) in [6.45, 7) is 3.60. The van der Waals surface area contributed by atoms with Gasteiger partial charge in [-0.1, -0.05) is 43.7 Å². The molecule has 2 N–H and O–H groups in total. The number of sulfonamides is 1. The van der Waals surface area contributed by atoms with Crippen LogP contribution in [0.15, 0.2) is 30.3 Å². The highest BCUT2D eigenvalue weighted by Crippen LogP contribution is 2.18. The SMILES string of the molecule is CCCCS(=O)(=O)NC(C(=O)OCC)C(O)c1ccccc1. The Kier molecular flexibility index (Phi) is 7.50. The Bertz CT molecular complexity index is 559. The first-order valence-corrected chi connectivity index (χ1v) is 8.96. The first-order valence-electron chi connectivity index (χ1n) is 7.31. The lowest BCUT2D eigenvalue weighted by atomic mass is 10.0. The molecule has 0 aliphatic carbocycles. The minimum absolute atomic E-state index is 0.0963. The third kappa shape index (κ3) is 5.75. The fourth-order valence-electron chi connectivity index (χ4n) is 1.90. The lowest BCUT2D eigenvalue weighted by Gasteiger charge is -2.22. The van der Waals surface area contributed by atoms with Crippen molar-refractivity contribution in [3.05, 3.63) is 35.9 Å². The van der Waals surface area contributed by atoms with Gasteiger partial charge in [-0.05, 0) is 18.9 Å². The predicted octanol–water partition coefficient (Wildman–Crippen LogP) is 1.37. The van der Waals surface area contributed by atoms with Gasteiger partial charge in [-0.25, -0.2) is 8.42 Å². The lowest BCUT2D eigenvalue weighted by Crippen LogP contribution is -2.46. The molecule has 1 rings (SSSR count). The van der Waals surface area contributed by atoms with Crippen molar-refractivity contribution in [3.8, 4) is 0 Å². The molecule has 2 unspecified atom stereocenters. The number of hydrogen-bond donors (Lipinski definition) is 2. The van der Waals surface area contributed by atoms with E-state index in [2.05, 4.69) is 4.72 Å². The minimum Gasteiger partial charge on any atom is -0.465 e. The number of carbonyl (C=O) groups excluding carboxylic acids is 1. The van der Waals surface area contributed by atoms with Crippen molar-refractivity contribution in [2.24, 2.45) is 0 Å². The standard InChI is InChI=1S/C15H23NO5S/c1-3-5-11-22(19,20)16-13(15(18)21-4-2)14(17)12-9-7-6-8-10-12/h6-10,13-14,16-17H,3-5,11H2,1-2H3. The molecule has 22 heavy (non-hydrogen) atoms. The molecule has 7 heteroatoms. The van der Waals surface area contributed by atoms with Crippen LogP contribution in [-0.4, -0.2) is 37.9 Å². The van der Waals surface area contributed by atoms with Crippen LogP contribution in [0.3, 0.4) is 0 Å². The number of unbranched alkanes of at least 4 members (excludes halogenated alkanes) is 1. The van der Waals surface area contributed by atoms with Gasteiger partial charge in [0.1, 0.15) is 12.1 Å². The van der Waals surface area contributed by atoms with E-state index in [9.17, 15) is 18.3 Å². The molecule has 0 saturated heterocycles. The molecule has 0 aliphatic rings. The van der Waals surface area contributed by atoms with E-state index >= 15 is 0 Å². The van der Waals surface area contributed by atoms with E-state index in [1.807, 2.05) is 6.92 Å². The number of benzene rings is 1. The molecule has 0 aliphatic heterocycles. The van der Waals surface area contributed by atoms with Crippen molar-refractivity contribution in [2.45, 2.75) is 38.8 Å². The third-order valence-electron chi connectivity index (χ3n) is 3.07. The van der Waals surface area contributed by atoms with E-state index in [0.717, 1.165) is 0 Å². The molecule has 2 atom stereocenters. The lowest BCUT2D eigenvalue weighted by molar-refractivity contribution is -0.148. The minimum atomic E-state index is -3.67. The molecule has 0 heterocycles. The summed E-state index contributed by atoms with van der Waals surface area (Å²) in [6.07, 6.45) is -0.116. The van der Waals surface area contributed by atoms with Gasteiger partial charge in [0.25, 0.3) is 0 Å². The molecule has 0 fully saturated rings. The number of rotatable bonds is 9. The van der Waals surface area contributed by atoms with Crippen LogP contribution in [0.2, 0.25) is 0 Å². The fraction of sp³-hybridized carbons (Fsp3) is 0.533. The summed E-state index contributed by atoms with van der Waals surface area (Å²) in [4.78, 5) is 12.0. The topological polar surface area (TPSA) is 92.7 Å². The van der Waals surface area contributed by atoms with Crippen LogP contribution in [0, 0.1) is 0 Å². The van der Waals surface area contributed by atoms with Crippen molar-refractivity contribution >= 4 is 16.0 Å². The summed E-state index contributed by atoms with van der Waals surface area (Å²) in [5.41, 5.74) is 0.443. The summed E-state index contributed by atoms with van der Waals surface area (Å²) >= 11 is 0. The van der Waals surface area contributed by atoms with E-state index in [-0.39, 0.29) is 12.4 Å². The second-order valence-corrected chi connectivity index (χ2v) is 6.75. The second-order valence-electron chi connectivity index (χ2n) is 4.88. The summed E-state index contributed by atoms with van der Waals surface area (Å²) in [5, 5.41) is 10.3. The van der Waals surface area contributed by atoms with Gasteiger partial charge in [-0.15, -0.1) is 0 Å². The molecule has 124 valence electrons. The van der Waals surface area contributed by atoms with Crippen molar-refractivity contribution in [1.29, 1.82) is 0 Å². The van der Waals surface area contributed by atoms with E-state index in [1.54, 1.807) is 37.3 Å². The van der Waals surface area contributed by atoms with Gasteiger partial charge < -0.3 is 9.84 Å². The maximum absolute atomic E-state index is 12.0. The van der Waals surface area contributed by atoms with E-state index in [1.165, 1.54) is 0 Å². The second kappa shape index (κ2) is 8.87. The molecular weight excluding hydrogens is 306 g/mol. The first kappa shape index (κ1) is 18.6. The van der Waals surface area contributed by atoms with Crippen LogP contribution >= 0.6 is 0 Å². The fourth-order valence-corrected chi connectivity index (χ4v) is 3.30. The van der Waals surface area contributed by atoms with Crippen LogP contribution < -0.4 is 4.72 Å². The number of hydrogen-bond acceptors (Lipinski definition) is 5. The Morgan fingerprint density at radius 3 is 2.45 bits per heavy atom. The Morgan fingerprint density at radius 2 is 1.91 bits per heavy atom. The van der Waals surface area contributed by atoms with Gasteiger partial charge in [0.15, 0.2) is 0 Å². The molecule has 0 radical (unpaired) electrons. The van der Waals surface area contributed by atoms with Gasteiger partial charge in [-0.3, -0.25) is 4.79 Å². The molecule has 1 aromatic carbocycles. The molecule has 0 bridgehead atoms. The normalized spacial score (nSPS) is 14.3. The van der Waals surface area contributed by atoms with E-state index in [4.69, 9.17) is 4.74 Å². The molecule has 0 saturated carbocycles. The maximum Gasteiger partial charge on any atom is 0.327 e. The predicted molar refractivity (Wildman–Crippen MR) is 83.7 cm³/mol. The Labute approximate surface area is 131 Å². The number of nitrogens with one attached hydrogen (secondary N) is 1. The van der Waals surface area contributed by atoms with Crippen molar-refractivity contribution in [1.82, 2.24) is 4.72 Å². The molecule has 6 nitrogen and oxygen atoms in total. The highest BCUT2D eigenvalue weighted by atomic mass is 32.2. The molecule has 0 aromatic heterocycles. The average Bonchev–Trinajstić information content (AvgIpc) is 2.51. The van der Waals surface area contributed by atoms with Gasteiger partial charge in [-0.2, -0.15) is 4.72 Å². The zero-order chi connectivity index (χ0) is 16.6. The van der Waals surface area contributed by atoms with Crippen LogP contribution in [0.5, 0.6) is 0 Å². The molecule has 1 aromatic rings. The average molecular weight is 329 g/mol. The largest absolute Gasteiger partial charge is 0.465 e. The molecular formula is C15H23NO5S. The van der Waals surface area contributed by atoms with Crippen molar-refractivity contribution in [2.75, 3.05) is 12.4 Å². The quantitative estimate of drug-likeness (QED) is 0.668. The monoisotopic (exact) mass is 329 g/mol. The number of aliphatic hydroxyl groups excluding tert-OH is 1. The maximum atomic E-state index is 12.0. The van der Waals surface area contributed by atoms with Gasteiger partial charge in [0, 0.05) is 0 Å². The van der Waals surface area contributed by atoms with Gasteiger partial charge in [0.2, 0.25) is 10.0 Å². The van der Waals surface area contributed by atoms with E-state index < -0.39 is 28.1 Å². The van der Waals surface area contributed by atoms with Crippen LogP contribution in [-0.2, 0) is 19.6 Å². The molecule has 0 spiro atoms. The van der Waals surface area contributed by atoms with Crippen LogP contribution in [0.25, 0.3) is 0 Å². The summed E-state index contributed by atoms with van der Waals surface area (Å²) < 4.78 is 31.2. The van der Waals surface area contributed by atoms with E-state index in [0.29, 0.717) is 18.4 Å². The Balaban J connectivity index is 2.96. The number of carbonyl (C=O) groups is 1. The van der Waals surface area contributed by atoms with Gasteiger partial charge >= 0.3 is 5.97 Å². The van der Waals surface area contributed by atoms with Crippen molar-refractivity contribution in [3.63, 3.8) is 0 Å². The number of ether oxygens (including phenoxy) is 1. The number of aliphatic hydroxyl groups is 1. The van der Waals surface area contributed by atoms with Crippen LogP contribution in [0.1, 0.15) is 38.4 Å². The smallest absolute Gasteiger partial charge is 0.327 e. The van der Waals surface area contributed by atoms with Gasteiger partial charge in [0.05, 0.1) is 12.4 Å². The summed E-state index contributed by atoms with van der Waals surface area (Å²) in [5.74, 6) is -0.889.